The van der Waals surface area contributed by atoms with Crippen LogP contribution < -0.4 is 4.90 Å². The number of carbonyl (C=O) groups excluding carboxylic acids is 1. The van der Waals surface area contributed by atoms with E-state index in [0.29, 0.717) is 5.56 Å². The molecule has 2 heterocycles. The molecule has 1 saturated heterocycles. The minimum Gasteiger partial charge on any atom is -0.357 e. The number of anilines is 1. The van der Waals surface area contributed by atoms with E-state index in [4.69, 9.17) is 0 Å². The van der Waals surface area contributed by atoms with E-state index in [1.165, 1.54) is 25.7 Å². The van der Waals surface area contributed by atoms with Gasteiger partial charge in [-0.3, -0.25) is 4.79 Å². The maximum atomic E-state index is 10.7. The predicted molar refractivity (Wildman–Crippen MR) is 60.3 cm³/mol. The van der Waals surface area contributed by atoms with Crippen molar-refractivity contribution >= 4 is 12.1 Å². The summed E-state index contributed by atoms with van der Waals surface area (Å²) in [5, 5.41) is 0. The molecule has 0 amide bonds. The lowest BCUT2D eigenvalue weighted by molar-refractivity contribution is 0.112. The van der Waals surface area contributed by atoms with E-state index < -0.39 is 0 Å². The van der Waals surface area contributed by atoms with Crippen LogP contribution in [0.15, 0.2) is 18.3 Å². The topological polar surface area (TPSA) is 33.2 Å². The van der Waals surface area contributed by atoms with Gasteiger partial charge in [-0.05, 0) is 25.0 Å². The first kappa shape index (κ1) is 10.1. The van der Waals surface area contributed by atoms with Crippen LogP contribution in [0.1, 0.15) is 36.0 Å². The van der Waals surface area contributed by atoms with Crippen LogP contribution in [-0.4, -0.2) is 24.4 Å². The van der Waals surface area contributed by atoms with Crippen LogP contribution in [-0.2, 0) is 0 Å². The molecule has 15 heavy (non-hydrogen) atoms. The molecule has 0 bridgehead atoms. The summed E-state index contributed by atoms with van der Waals surface area (Å²) >= 11 is 0. The molecule has 0 saturated carbocycles. The molecule has 1 aliphatic heterocycles. The molecule has 1 aromatic heterocycles. The Morgan fingerprint density at radius 3 is 2.60 bits per heavy atom. The molecule has 1 fully saturated rings. The highest BCUT2D eigenvalue weighted by Crippen LogP contribution is 2.17. The molecule has 1 aliphatic rings. The second-order valence-electron chi connectivity index (χ2n) is 3.97. The average molecular weight is 204 g/mol. The lowest BCUT2D eigenvalue weighted by Gasteiger charge is -2.21. The number of aldehydes is 1. The fraction of sp³-hybridized carbons (Fsp3) is 0.500. The van der Waals surface area contributed by atoms with Gasteiger partial charge < -0.3 is 4.90 Å². The lowest BCUT2D eigenvalue weighted by atomic mass is 10.2. The van der Waals surface area contributed by atoms with Crippen molar-refractivity contribution in [3.8, 4) is 0 Å². The summed E-state index contributed by atoms with van der Waals surface area (Å²) in [6.45, 7) is 2.13. The van der Waals surface area contributed by atoms with E-state index in [2.05, 4.69) is 9.88 Å². The molecular weight excluding hydrogens is 188 g/mol. The maximum Gasteiger partial charge on any atom is 0.150 e. The summed E-state index contributed by atoms with van der Waals surface area (Å²) in [5.74, 6) is 0.946. The normalized spacial score (nSPS) is 17.2. The highest BCUT2D eigenvalue weighted by Gasteiger charge is 2.10. The molecule has 0 aromatic carbocycles. The number of rotatable bonds is 2. The third kappa shape index (κ3) is 2.55. The van der Waals surface area contributed by atoms with Crippen molar-refractivity contribution in [2.45, 2.75) is 25.7 Å². The van der Waals surface area contributed by atoms with Crippen LogP contribution >= 0.6 is 0 Å². The summed E-state index contributed by atoms with van der Waals surface area (Å²) in [4.78, 5) is 17.3. The van der Waals surface area contributed by atoms with Gasteiger partial charge in [-0.25, -0.2) is 4.98 Å². The molecular formula is C12H16N2O. The summed E-state index contributed by atoms with van der Waals surface area (Å²) in [6.07, 6.45) is 7.67. The third-order valence-electron chi connectivity index (χ3n) is 2.84. The Balaban J connectivity index is 2.15. The molecule has 3 heteroatoms. The predicted octanol–water partition coefficient (Wildman–Crippen LogP) is 2.27. The van der Waals surface area contributed by atoms with Crippen molar-refractivity contribution in [2.24, 2.45) is 0 Å². The molecule has 3 nitrogen and oxygen atoms in total. The number of aromatic nitrogens is 1. The molecule has 0 unspecified atom stereocenters. The van der Waals surface area contributed by atoms with Gasteiger partial charge in [0, 0.05) is 24.8 Å². The van der Waals surface area contributed by atoms with Crippen LogP contribution in [0.25, 0.3) is 0 Å². The van der Waals surface area contributed by atoms with Crippen molar-refractivity contribution in [1.29, 1.82) is 0 Å². The van der Waals surface area contributed by atoms with Crippen LogP contribution in [0, 0.1) is 0 Å². The van der Waals surface area contributed by atoms with Crippen molar-refractivity contribution in [1.82, 2.24) is 4.98 Å². The standard InChI is InChI=1S/C12H16N2O/c15-10-11-5-6-13-12(9-11)14-7-3-1-2-4-8-14/h5-6,9-10H,1-4,7-8H2. The number of carbonyl (C=O) groups is 1. The van der Waals surface area contributed by atoms with Crippen LogP contribution in [0.4, 0.5) is 5.82 Å². The second kappa shape index (κ2) is 4.91. The van der Waals surface area contributed by atoms with E-state index in [1.807, 2.05) is 6.07 Å². The molecule has 0 aliphatic carbocycles. The first-order chi connectivity index (χ1) is 7.40. The van der Waals surface area contributed by atoms with Gasteiger partial charge in [0.15, 0.2) is 0 Å². The third-order valence-corrected chi connectivity index (χ3v) is 2.84. The maximum absolute atomic E-state index is 10.7. The van der Waals surface area contributed by atoms with Gasteiger partial charge in [0.2, 0.25) is 0 Å². The number of pyridine rings is 1. The zero-order valence-corrected chi connectivity index (χ0v) is 8.85. The second-order valence-corrected chi connectivity index (χ2v) is 3.97. The first-order valence-corrected chi connectivity index (χ1v) is 5.56. The Morgan fingerprint density at radius 1 is 1.20 bits per heavy atom. The monoisotopic (exact) mass is 204 g/mol. The zero-order valence-electron chi connectivity index (χ0n) is 8.85. The zero-order chi connectivity index (χ0) is 10.5. The quantitative estimate of drug-likeness (QED) is 0.693. The Kier molecular flexibility index (Phi) is 3.33. The Bertz CT molecular complexity index is 330. The molecule has 0 N–H and O–H groups in total. The molecule has 0 spiro atoms. The van der Waals surface area contributed by atoms with E-state index in [0.717, 1.165) is 25.2 Å². The highest BCUT2D eigenvalue weighted by atomic mass is 16.1. The fourth-order valence-corrected chi connectivity index (χ4v) is 1.98. The minimum absolute atomic E-state index is 0.712. The summed E-state index contributed by atoms with van der Waals surface area (Å²) in [7, 11) is 0. The lowest BCUT2D eigenvalue weighted by Crippen LogP contribution is -2.24. The minimum atomic E-state index is 0.712. The number of nitrogens with zero attached hydrogens (tertiary/aromatic N) is 2. The summed E-state index contributed by atoms with van der Waals surface area (Å²) in [5.41, 5.74) is 0.712. The van der Waals surface area contributed by atoms with Crippen molar-refractivity contribution in [3.63, 3.8) is 0 Å². The summed E-state index contributed by atoms with van der Waals surface area (Å²) < 4.78 is 0. The highest BCUT2D eigenvalue weighted by molar-refractivity contribution is 5.76. The van der Waals surface area contributed by atoms with Gasteiger partial charge in [0.1, 0.15) is 12.1 Å². The molecule has 1 aromatic rings. The molecule has 80 valence electrons. The molecule has 0 atom stereocenters. The van der Waals surface area contributed by atoms with Gasteiger partial charge >= 0.3 is 0 Å². The van der Waals surface area contributed by atoms with Gasteiger partial charge in [0.05, 0.1) is 0 Å². The van der Waals surface area contributed by atoms with E-state index in [1.54, 1.807) is 12.3 Å². The van der Waals surface area contributed by atoms with Crippen molar-refractivity contribution in [3.05, 3.63) is 23.9 Å². The first-order valence-electron chi connectivity index (χ1n) is 5.56. The molecule has 2 rings (SSSR count). The Labute approximate surface area is 90.1 Å². The van der Waals surface area contributed by atoms with E-state index >= 15 is 0 Å². The van der Waals surface area contributed by atoms with Gasteiger partial charge in [-0.15, -0.1) is 0 Å². The summed E-state index contributed by atoms with van der Waals surface area (Å²) in [6, 6.07) is 3.62. The van der Waals surface area contributed by atoms with Gasteiger partial charge in [-0.1, -0.05) is 12.8 Å². The van der Waals surface area contributed by atoms with Crippen molar-refractivity contribution in [2.75, 3.05) is 18.0 Å². The van der Waals surface area contributed by atoms with Gasteiger partial charge in [-0.2, -0.15) is 0 Å². The average Bonchev–Trinajstić information content (AvgIpc) is 2.58. The van der Waals surface area contributed by atoms with E-state index in [9.17, 15) is 4.79 Å². The smallest absolute Gasteiger partial charge is 0.150 e. The van der Waals surface area contributed by atoms with Crippen LogP contribution in [0.2, 0.25) is 0 Å². The van der Waals surface area contributed by atoms with Crippen LogP contribution in [0.3, 0.4) is 0 Å². The van der Waals surface area contributed by atoms with E-state index in [-0.39, 0.29) is 0 Å². The number of hydrogen-bond donors (Lipinski definition) is 0. The van der Waals surface area contributed by atoms with Crippen LogP contribution in [0.5, 0.6) is 0 Å². The number of hydrogen-bond acceptors (Lipinski definition) is 3. The van der Waals surface area contributed by atoms with Crippen molar-refractivity contribution < 1.29 is 4.79 Å². The largest absolute Gasteiger partial charge is 0.357 e. The molecule has 0 radical (unpaired) electrons. The Morgan fingerprint density at radius 2 is 1.93 bits per heavy atom. The van der Waals surface area contributed by atoms with Gasteiger partial charge in [0.25, 0.3) is 0 Å². The SMILES string of the molecule is O=Cc1ccnc(N2CCCCCC2)c1. The Hall–Kier alpha value is -1.38. The fourth-order valence-electron chi connectivity index (χ4n) is 1.98.